The molecule has 0 atom stereocenters. The maximum absolute atomic E-state index is 6.42. The average molecular weight is 311 g/mol. The largest absolute Gasteiger partial charge is 0.355 e. The van der Waals surface area contributed by atoms with Crippen molar-refractivity contribution in [1.29, 1.82) is 0 Å². The second kappa shape index (κ2) is 7.97. The van der Waals surface area contributed by atoms with Gasteiger partial charge in [0.2, 0.25) is 0 Å². The van der Waals surface area contributed by atoms with Gasteiger partial charge in [0.25, 0.3) is 0 Å². The number of nitrogens with zero attached hydrogens (tertiary/aromatic N) is 3. The number of halogens is 1. The second-order valence-electron chi connectivity index (χ2n) is 6.12. The summed E-state index contributed by atoms with van der Waals surface area (Å²) in [5.74, 6) is 1.74. The third kappa shape index (κ3) is 4.83. The number of nitrogens with one attached hydrogen (secondary N) is 1. The molecular formula is C16H27ClN4. The summed E-state index contributed by atoms with van der Waals surface area (Å²) in [4.78, 5) is 9.19. The molecule has 1 aliphatic rings. The fraction of sp³-hybridized carbons (Fsp3) is 0.688. The minimum atomic E-state index is 0.775. The van der Waals surface area contributed by atoms with Crippen LogP contribution in [0.1, 0.15) is 25.3 Å². The third-order valence-electron chi connectivity index (χ3n) is 3.99. The van der Waals surface area contributed by atoms with Gasteiger partial charge in [0.05, 0.1) is 5.02 Å². The van der Waals surface area contributed by atoms with Crippen molar-refractivity contribution >= 4 is 17.4 Å². The Morgan fingerprint density at radius 3 is 2.67 bits per heavy atom. The maximum Gasteiger partial charge on any atom is 0.147 e. The summed E-state index contributed by atoms with van der Waals surface area (Å²) < 4.78 is 0. The Morgan fingerprint density at radius 1 is 1.38 bits per heavy atom. The Morgan fingerprint density at radius 2 is 2.10 bits per heavy atom. The van der Waals surface area contributed by atoms with Crippen LogP contribution >= 0.6 is 11.6 Å². The average Bonchev–Trinajstić information content (AvgIpc) is 2.46. The zero-order valence-electron chi connectivity index (χ0n) is 13.4. The first-order valence-corrected chi connectivity index (χ1v) is 8.22. The van der Waals surface area contributed by atoms with Gasteiger partial charge in [0, 0.05) is 32.4 Å². The van der Waals surface area contributed by atoms with Crippen LogP contribution in [-0.4, -0.2) is 50.2 Å². The predicted octanol–water partition coefficient (Wildman–Crippen LogP) is 2.62. The van der Waals surface area contributed by atoms with Gasteiger partial charge < -0.3 is 15.1 Å². The van der Waals surface area contributed by atoms with E-state index in [4.69, 9.17) is 11.6 Å². The van der Waals surface area contributed by atoms with E-state index in [0.717, 1.165) is 48.5 Å². The first kappa shape index (κ1) is 16.5. The molecule has 1 aromatic heterocycles. The van der Waals surface area contributed by atoms with Crippen LogP contribution in [0.4, 0.5) is 5.82 Å². The number of aromatic nitrogens is 1. The first-order chi connectivity index (χ1) is 10.1. The lowest BCUT2D eigenvalue weighted by Gasteiger charge is -2.34. The molecule has 1 aromatic rings. The molecule has 2 rings (SSSR count). The molecule has 0 aromatic carbocycles. The van der Waals surface area contributed by atoms with E-state index in [1.165, 1.54) is 19.4 Å². The molecule has 0 bridgehead atoms. The smallest absolute Gasteiger partial charge is 0.147 e. The second-order valence-corrected chi connectivity index (χ2v) is 6.53. The molecule has 1 fully saturated rings. The van der Waals surface area contributed by atoms with Gasteiger partial charge >= 0.3 is 0 Å². The van der Waals surface area contributed by atoms with Crippen molar-refractivity contribution in [2.45, 2.75) is 26.3 Å². The van der Waals surface area contributed by atoms with Crippen LogP contribution in [0.5, 0.6) is 0 Å². The fourth-order valence-corrected chi connectivity index (χ4v) is 3.22. The molecule has 0 radical (unpaired) electrons. The topological polar surface area (TPSA) is 31.4 Å². The van der Waals surface area contributed by atoms with Gasteiger partial charge in [-0.1, -0.05) is 18.5 Å². The van der Waals surface area contributed by atoms with Crippen molar-refractivity contribution < 1.29 is 0 Å². The number of rotatable bonds is 6. The van der Waals surface area contributed by atoms with E-state index in [0.29, 0.717) is 0 Å². The normalized spacial score (nSPS) is 16.7. The van der Waals surface area contributed by atoms with Gasteiger partial charge in [-0.05, 0) is 51.0 Å². The zero-order valence-corrected chi connectivity index (χ0v) is 14.2. The Balaban J connectivity index is 1.94. The summed E-state index contributed by atoms with van der Waals surface area (Å²) in [6.07, 6.45) is 4.38. The molecular weight excluding hydrogens is 284 g/mol. The number of hydrogen-bond donors (Lipinski definition) is 1. The molecule has 5 heteroatoms. The summed E-state index contributed by atoms with van der Waals surface area (Å²) >= 11 is 6.42. The molecule has 0 saturated carbocycles. The number of pyridine rings is 1. The SMILES string of the molecule is CCNCc1cnc(N2CCC(CN(C)C)CC2)c(Cl)c1. The number of hydrogen-bond acceptors (Lipinski definition) is 4. The van der Waals surface area contributed by atoms with Gasteiger partial charge in [0.15, 0.2) is 0 Å². The quantitative estimate of drug-likeness (QED) is 0.875. The highest BCUT2D eigenvalue weighted by Crippen LogP contribution is 2.28. The van der Waals surface area contributed by atoms with Crippen molar-refractivity contribution in [3.05, 3.63) is 22.8 Å². The Bertz CT molecular complexity index is 442. The highest BCUT2D eigenvalue weighted by atomic mass is 35.5. The summed E-state index contributed by atoms with van der Waals surface area (Å²) in [5.41, 5.74) is 1.15. The molecule has 21 heavy (non-hydrogen) atoms. The van der Waals surface area contributed by atoms with Gasteiger partial charge in [-0.3, -0.25) is 0 Å². The summed E-state index contributed by atoms with van der Waals surface area (Å²) in [6, 6.07) is 2.04. The Kier molecular flexibility index (Phi) is 6.27. The monoisotopic (exact) mass is 310 g/mol. The summed E-state index contributed by atoms with van der Waals surface area (Å²) in [6.45, 7) is 7.17. The maximum atomic E-state index is 6.42. The molecule has 118 valence electrons. The van der Waals surface area contributed by atoms with Crippen LogP contribution in [0.15, 0.2) is 12.3 Å². The van der Waals surface area contributed by atoms with Gasteiger partial charge in [-0.2, -0.15) is 0 Å². The van der Waals surface area contributed by atoms with Gasteiger partial charge in [0.1, 0.15) is 5.82 Å². The summed E-state index contributed by atoms with van der Waals surface area (Å²) in [5, 5.41) is 4.07. The zero-order chi connectivity index (χ0) is 15.2. The summed E-state index contributed by atoms with van der Waals surface area (Å²) in [7, 11) is 4.29. The molecule has 4 nitrogen and oxygen atoms in total. The number of anilines is 1. The van der Waals surface area contributed by atoms with Crippen molar-refractivity contribution in [3.8, 4) is 0 Å². The lowest BCUT2D eigenvalue weighted by Crippen LogP contribution is -2.37. The van der Waals surface area contributed by atoms with E-state index in [9.17, 15) is 0 Å². The number of piperidine rings is 1. The predicted molar refractivity (Wildman–Crippen MR) is 90.1 cm³/mol. The van der Waals surface area contributed by atoms with Gasteiger partial charge in [-0.15, -0.1) is 0 Å². The van der Waals surface area contributed by atoms with Crippen LogP contribution in [-0.2, 0) is 6.54 Å². The Labute approximate surface area is 133 Å². The first-order valence-electron chi connectivity index (χ1n) is 7.85. The highest BCUT2D eigenvalue weighted by molar-refractivity contribution is 6.33. The van der Waals surface area contributed by atoms with E-state index in [-0.39, 0.29) is 0 Å². The van der Waals surface area contributed by atoms with Gasteiger partial charge in [-0.25, -0.2) is 4.98 Å². The standard InChI is InChI=1S/C16H27ClN4/c1-4-18-10-14-9-15(17)16(19-11-14)21-7-5-13(6-8-21)12-20(2)3/h9,11,13,18H,4-8,10,12H2,1-3H3. The van der Waals surface area contributed by atoms with E-state index < -0.39 is 0 Å². The molecule has 1 saturated heterocycles. The highest BCUT2D eigenvalue weighted by Gasteiger charge is 2.22. The minimum absolute atomic E-state index is 0.775. The molecule has 1 N–H and O–H groups in total. The lowest BCUT2D eigenvalue weighted by atomic mass is 9.96. The molecule has 0 spiro atoms. The van der Waals surface area contributed by atoms with E-state index in [1.807, 2.05) is 12.3 Å². The van der Waals surface area contributed by atoms with Crippen LogP contribution in [0, 0.1) is 5.92 Å². The van der Waals surface area contributed by atoms with E-state index >= 15 is 0 Å². The van der Waals surface area contributed by atoms with Crippen molar-refractivity contribution in [2.24, 2.45) is 5.92 Å². The molecule has 0 unspecified atom stereocenters. The van der Waals surface area contributed by atoms with E-state index in [2.05, 4.69) is 41.1 Å². The van der Waals surface area contributed by atoms with Crippen LogP contribution in [0.25, 0.3) is 0 Å². The Hall–Kier alpha value is -0.840. The van der Waals surface area contributed by atoms with Crippen molar-refractivity contribution in [3.63, 3.8) is 0 Å². The van der Waals surface area contributed by atoms with Crippen LogP contribution < -0.4 is 10.2 Å². The van der Waals surface area contributed by atoms with Crippen LogP contribution in [0.3, 0.4) is 0 Å². The van der Waals surface area contributed by atoms with E-state index in [1.54, 1.807) is 0 Å². The third-order valence-corrected chi connectivity index (χ3v) is 4.27. The minimum Gasteiger partial charge on any atom is -0.355 e. The molecule has 1 aliphatic heterocycles. The lowest BCUT2D eigenvalue weighted by molar-refractivity contribution is 0.284. The molecule has 2 heterocycles. The van der Waals surface area contributed by atoms with Crippen molar-refractivity contribution in [2.75, 3.05) is 45.2 Å². The van der Waals surface area contributed by atoms with Crippen LogP contribution in [0.2, 0.25) is 5.02 Å². The van der Waals surface area contributed by atoms with Crippen molar-refractivity contribution in [1.82, 2.24) is 15.2 Å². The molecule has 0 amide bonds. The molecule has 0 aliphatic carbocycles. The fourth-order valence-electron chi connectivity index (χ4n) is 2.91.